The number of nitrogens with one attached hydrogen (secondary N) is 1. The maximum Gasteiger partial charge on any atom is 0.321 e. The smallest absolute Gasteiger partial charge is 0.321 e. The first-order valence-electron chi connectivity index (χ1n) is 10.9. The van der Waals surface area contributed by atoms with Gasteiger partial charge in [-0.05, 0) is 25.1 Å². The Morgan fingerprint density at radius 1 is 1.03 bits per heavy atom. The third-order valence-corrected chi connectivity index (χ3v) is 5.79. The molecule has 8 heteroatoms. The first-order valence-corrected chi connectivity index (χ1v) is 10.9. The number of benzene rings is 2. The van der Waals surface area contributed by atoms with Gasteiger partial charge in [0.25, 0.3) is 0 Å². The maximum absolute atomic E-state index is 13.1. The summed E-state index contributed by atoms with van der Waals surface area (Å²) >= 11 is 0. The van der Waals surface area contributed by atoms with E-state index in [9.17, 15) is 9.59 Å². The van der Waals surface area contributed by atoms with Crippen molar-refractivity contribution in [3.63, 3.8) is 0 Å². The van der Waals surface area contributed by atoms with Crippen molar-refractivity contribution in [1.29, 1.82) is 0 Å². The van der Waals surface area contributed by atoms with Gasteiger partial charge < -0.3 is 19.3 Å². The van der Waals surface area contributed by atoms with Crippen molar-refractivity contribution in [3.8, 4) is 5.75 Å². The number of amides is 1. The number of rotatable bonds is 5. The Kier molecular flexibility index (Phi) is 6.58. The number of carbonyl (C=O) groups excluding carboxylic acids is 2. The van der Waals surface area contributed by atoms with E-state index < -0.39 is 23.8 Å². The molecule has 2 heterocycles. The van der Waals surface area contributed by atoms with E-state index in [1.807, 2.05) is 36.4 Å². The number of aliphatic imine (C=N–C) groups is 1. The molecular weight excluding hydrogens is 408 g/mol. The monoisotopic (exact) mass is 436 g/mol. The second-order valence-corrected chi connectivity index (χ2v) is 7.67. The van der Waals surface area contributed by atoms with Gasteiger partial charge in [0.05, 0.1) is 13.7 Å². The third-order valence-electron chi connectivity index (χ3n) is 5.79. The van der Waals surface area contributed by atoms with Crippen LogP contribution in [0.3, 0.4) is 0 Å². The standard InChI is InChI=1S/C24H28N4O4/c1-3-32-23(30)20-21(18-11-7-8-12-19(18)31-2)25-24(26-22(20)29)28-15-13-27(14-16-28)17-9-5-4-6-10-17/h4-12,20-21H,3,13-16H2,1-2H3,(H,25,26,29)/t20-,21+/m0/s1. The van der Waals surface area contributed by atoms with Gasteiger partial charge in [0, 0.05) is 37.4 Å². The summed E-state index contributed by atoms with van der Waals surface area (Å²) < 4.78 is 10.7. The first kappa shape index (κ1) is 21.7. The number of para-hydroxylation sites is 2. The average molecular weight is 437 g/mol. The van der Waals surface area contributed by atoms with Gasteiger partial charge in [-0.15, -0.1) is 0 Å². The molecule has 168 valence electrons. The molecule has 2 aliphatic rings. The Hall–Kier alpha value is -3.55. The molecule has 8 nitrogen and oxygen atoms in total. The number of anilines is 1. The minimum atomic E-state index is -1.07. The zero-order valence-corrected chi connectivity index (χ0v) is 18.4. The van der Waals surface area contributed by atoms with E-state index in [0.29, 0.717) is 30.4 Å². The van der Waals surface area contributed by atoms with Gasteiger partial charge in [-0.2, -0.15) is 0 Å². The van der Waals surface area contributed by atoms with Crippen LogP contribution >= 0.6 is 0 Å². The summed E-state index contributed by atoms with van der Waals surface area (Å²) in [6.07, 6.45) is 0. The molecule has 1 N–H and O–H groups in total. The maximum atomic E-state index is 13.1. The Morgan fingerprint density at radius 2 is 1.69 bits per heavy atom. The molecule has 32 heavy (non-hydrogen) atoms. The fourth-order valence-corrected chi connectivity index (χ4v) is 4.17. The van der Waals surface area contributed by atoms with Crippen LogP contribution in [0.4, 0.5) is 5.69 Å². The topological polar surface area (TPSA) is 83.5 Å². The van der Waals surface area contributed by atoms with Gasteiger partial charge >= 0.3 is 5.97 Å². The lowest BCUT2D eigenvalue weighted by Gasteiger charge is -2.39. The van der Waals surface area contributed by atoms with Gasteiger partial charge in [-0.1, -0.05) is 36.4 Å². The minimum absolute atomic E-state index is 0.194. The van der Waals surface area contributed by atoms with Crippen LogP contribution in [0.5, 0.6) is 5.75 Å². The van der Waals surface area contributed by atoms with Crippen LogP contribution < -0.4 is 15.0 Å². The molecule has 0 aromatic heterocycles. The van der Waals surface area contributed by atoms with E-state index in [1.165, 1.54) is 5.69 Å². The highest BCUT2D eigenvalue weighted by Crippen LogP contribution is 2.36. The van der Waals surface area contributed by atoms with E-state index in [-0.39, 0.29) is 6.61 Å². The summed E-state index contributed by atoms with van der Waals surface area (Å²) in [6, 6.07) is 16.9. The highest BCUT2D eigenvalue weighted by Gasteiger charge is 2.43. The lowest BCUT2D eigenvalue weighted by Crippen LogP contribution is -2.57. The molecule has 0 unspecified atom stereocenters. The molecule has 0 aliphatic carbocycles. The van der Waals surface area contributed by atoms with Crippen LogP contribution in [0.25, 0.3) is 0 Å². The third kappa shape index (κ3) is 4.39. The molecule has 1 saturated heterocycles. The molecule has 2 atom stereocenters. The molecule has 1 amide bonds. The Balaban J connectivity index is 1.60. The van der Waals surface area contributed by atoms with Crippen LogP contribution in [0, 0.1) is 5.92 Å². The quantitative estimate of drug-likeness (QED) is 0.572. The van der Waals surface area contributed by atoms with Crippen molar-refractivity contribution in [2.24, 2.45) is 10.9 Å². The van der Waals surface area contributed by atoms with E-state index >= 15 is 0 Å². The minimum Gasteiger partial charge on any atom is -0.496 e. The lowest BCUT2D eigenvalue weighted by molar-refractivity contribution is -0.153. The molecule has 2 aromatic carbocycles. The SMILES string of the molecule is CCOC(=O)[C@@H]1C(=O)NC(N2CCN(c3ccccc3)CC2)=N[C@@H]1c1ccccc1OC. The van der Waals surface area contributed by atoms with Crippen LogP contribution in [-0.2, 0) is 14.3 Å². The molecule has 2 aliphatic heterocycles. The predicted molar refractivity (Wildman–Crippen MR) is 122 cm³/mol. The molecule has 0 spiro atoms. The summed E-state index contributed by atoms with van der Waals surface area (Å²) in [5.41, 5.74) is 1.86. The van der Waals surface area contributed by atoms with Crippen molar-refractivity contribution in [3.05, 3.63) is 60.2 Å². The van der Waals surface area contributed by atoms with Crippen molar-refractivity contribution in [2.75, 3.05) is 44.8 Å². The number of esters is 1. The van der Waals surface area contributed by atoms with Gasteiger partial charge in [0.15, 0.2) is 5.92 Å². The molecule has 4 rings (SSSR count). The molecular formula is C24H28N4O4. The van der Waals surface area contributed by atoms with Gasteiger partial charge in [-0.25, -0.2) is 4.99 Å². The Morgan fingerprint density at radius 3 is 2.38 bits per heavy atom. The van der Waals surface area contributed by atoms with Crippen molar-refractivity contribution < 1.29 is 19.1 Å². The number of guanidine groups is 1. The van der Waals surface area contributed by atoms with Crippen LogP contribution in [0.1, 0.15) is 18.5 Å². The lowest BCUT2D eigenvalue weighted by atomic mass is 9.90. The number of carbonyl (C=O) groups is 2. The Bertz CT molecular complexity index is 987. The Labute approximate surface area is 187 Å². The second-order valence-electron chi connectivity index (χ2n) is 7.67. The number of ether oxygens (including phenoxy) is 2. The van der Waals surface area contributed by atoms with Gasteiger partial charge in [-0.3, -0.25) is 14.9 Å². The number of hydrogen-bond donors (Lipinski definition) is 1. The molecule has 0 saturated carbocycles. The molecule has 2 aromatic rings. The number of methoxy groups -OCH3 is 1. The largest absolute Gasteiger partial charge is 0.496 e. The molecule has 0 radical (unpaired) electrons. The molecule has 0 bridgehead atoms. The predicted octanol–water partition coefficient (Wildman–Crippen LogP) is 2.22. The fourth-order valence-electron chi connectivity index (χ4n) is 4.17. The van der Waals surface area contributed by atoms with E-state index in [1.54, 1.807) is 20.1 Å². The summed E-state index contributed by atoms with van der Waals surface area (Å²) in [6.45, 7) is 4.93. The average Bonchev–Trinajstić information content (AvgIpc) is 2.84. The summed E-state index contributed by atoms with van der Waals surface area (Å²) in [5, 5.41) is 2.84. The van der Waals surface area contributed by atoms with Crippen molar-refractivity contribution in [2.45, 2.75) is 13.0 Å². The number of hydrogen-bond acceptors (Lipinski definition) is 7. The zero-order valence-electron chi connectivity index (χ0n) is 18.4. The van der Waals surface area contributed by atoms with E-state index in [2.05, 4.69) is 27.2 Å². The van der Waals surface area contributed by atoms with Crippen molar-refractivity contribution >= 4 is 23.5 Å². The molecule has 1 fully saturated rings. The van der Waals surface area contributed by atoms with Crippen LogP contribution in [0.15, 0.2) is 59.6 Å². The number of nitrogens with zero attached hydrogens (tertiary/aromatic N) is 3. The van der Waals surface area contributed by atoms with E-state index in [0.717, 1.165) is 13.1 Å². The van der Waals surface area contributed by atoms with Gasteiger partial charge in [0.2, 0.25) is 11.9 Å². The van der Waals surface area contributed by atoms with Gasteiger partial charge in [0.1, 0.15) is 11.8 Å². The van der Waals surface area contributed by atoms with Crippen LogP contribution in [0.2, 0.25) is 0 Å². The van der Waals surface area contributed by atoms with E-state index in [4.69, 9.17) is 14.5 Å². The number of piperazine rings is 1. The summed E-state index contributed by atoms with van der Waals surface area (Å²) in [7, 11) is 1.56. The highest BCUT2D eigenvalue weighted by molar-refractivity contribution is 6.08. The first-order chi connectivity index (χ1) is 15.6. The van der Waals surface area contributed by atoms with Crippen molar-refractivity contribution in [1.82, 2.24) is 10.2 Å². The van der Waals surface area contributed by atoms with Crippen LogP contribution in [-0.4, -0.2) is 62.6 Å². The summed E-state index contributed by atoms with van der Waals surface area (Å²) in [5.74, 6) is -0.995. The summed E-state index contributed by atoms with van der Waals surface area (Å²) in [4.78, 5) is 34.9. The fraction of sp³-hybridized carbons (Fsp3) is 0.375. The highest BCUT2D eigenvalue weighted by atomic mass is 16.5. The normalized spacial score (nSPS) is 20.9. The zero-order chi connectivity index (χ0) is 22.5. The second kappa shape index (κ2) is 9.72.